The van der Waals surface area contributed by atoms with Gasteiger partial charge in [-0.1, -0.05) is 45.0 Å². The van der Waals surface area contributed by atoms with Crippen LogP contribution in [0.4, 0.5) is 5.69 Å². The Kier molecular flexibility index (Phi) is 7.07. The summed E-state index contributed by atoms with van der Waals surface area (Å²) < 4.78 is 5.14. The fraction of sp³-hybridized carbons (Fsp3) is 0.417. The van der Waals surface area contributed by atoms with Gasteiger partial charge in [-0.05, 0) is 61.1 Å². The third kappa shape index (κ3) is 6.08. The van der Waals surface area contributed by atoms with Crippen LogP contribution in [-0.4, -0.2) is 25.5 Å². The van der Waals surface area contributed by atoms with E-state index in [-0.39, 0.29) is 17.2 Å². The summed E-state index contributed by atoms with van der Waals surface area (Å²) in [6.07, 6.45) is 0.682. The molecule has 0 fully saturated rings. The van der Waals surface area contributed by atoms with Crippen LogP contribution >= 0.6 is 0 Å². The van der Waals surface area contributed by atoms with Crippen molar-refractivity contribution in [3.05, 3.63) is 59.7 Å². The summed E-state index contributed by atoms with van der Waals surface area (Å²) >= 11 is 0. The largest absolute Gasteiger partial charge is 0.497 e. The summed E-state index contributed by atoms with van der Waals surface area (Å²) in [4.78, 5) is 25.3. The minimum absolute atomic E-state index is 0.0472. The third-order valence-corrected chi connectivity index (χ3v) is 5.00. The lowest BCUT2D eigenvalue weighted by molar-refractivity contribution is -0.138. The molecule has 5 nitrogen and oxygen atoms in total. The number of benzene rings is 2. The van der Waals surface area contributed by atoms with Gasteiger partial charge in [0.2, 0.25) is 11.8 Å². The molecule has 0 aliphatic carbocycles. The van der Waals surface area contributed by atoms with Crippen molar-refractivity contribution in [1.29, 1.82) is 0 Å². The summed E-state index contributed by atoms with van der Waals surface area (Å²) in [5, 5.41) is 5.71. The standard InChI is InChI=1S/C24H32N2O3/c1-23(2,3)18-9-11-19(12-10-18)26-22(28)24(4,5)21(27)25-16-15-17-7-13-20(29-6)14-8-17/h7-14H,15-16H2,1-6H3,(H,25,27)(H,26,28). The Morgan fingerprint density at radius 1 is 0.862 bits per heavy atom. The van der Waals surface area contributed by atoms with E-state index in [0.717, 1.165) is 11.3 Å². The van der Waals surface area contributed by atoms with Gasteiger partial charge in [-0.25, -0.2) is 0 Å². The molecule has 0 spiro atoms. The van der Waals surface area contributed by atoms with Gasteiger partial charge in [-0.15, -0.1) is 0 Å². The third-order valence-electron chi connectivity index (χ3n) is 5.00. The van der Waals surface area contributed by atoms with Crippen molar-refractivity contribution in [2.24, 2.45) is 5.41 Å². The molecule has 0 aliphatic rings. The maximum atomic E-state index is 12.7. The van der Waals surface area contributed by atoms with E-state index in [1.165, 1.54) is 5.56 Å². The first-order valence-electron chi connectivity index (χ1n) is 9.87. The van der Waals surface area contributed by atoms with Gasteiger partial charge in [0.25, 0.3) is 0 Å². The number of carbonyl (C=O) groups excluding carboxylic acids is 2. The second-order valence-corrected chi connectivity index (χ2v) is 8.76. The zero-order valence-electron chi connectivity index (χ0n) is 18.3. The number of hydrogen-bond acceptors (Lipinski definition) is 3. The van der Waals surface area contributed by atoms with Crippen molar-refractivity contribution < 1.29 is 14.3 Å². The quantitative estimate of drug-likeness (QED) is 0.685. The monoisotopic (exact) mass is 396 g/mol. The second-order valence-electron chi connectivity index (χ2n) is 8.76. The molecular formula is C24H32N2O3. The molecule has 156 valence electrons. The molecule has 2 aromatic carbocycles. The lowest BCUT2D eigenvalue weighted by atomic mass is 9.87. The molecule has 2 N–H and O–H groups in total. The summed E-state index contributed by atoms with van der Waals surface area (Å²) in [6, 6.07) is 15.4. The number of methoxy groups -OCH3 is 1. The molecule has 0 heterocycles. The van der Waals surface area contributed by atoms with Gasteiger partial charge in [0.05, 0.1) is 7.11 Å². The van der Waals surface area contributed by atoms with E-state index in [9.17, 15) is 9.59 Å². The highest BCUT2D eigenvalue weighted by molar-refractivity contribution is 6.09. The Morgan fingerprint density at radius 3 is 1.97 bits per heavy atom. The Balaban J connectivity index is 1.90. The first-order chi connectivity index (χ1) is 13.5. The van der Waals surface area contributed by atoms with Crippen LogP contribution in [0.15, 0.2) is 48.5 Å². The van der Waals surface area contributed by atoms with Gasteiger partial charge in [-0.2, -0.15) is 0 Å². The summed E-state index contributed by atoms with van der Waals surface area (Å²) in [7, 11) is 1.63. The van der Waals surface area contributed by atoms with Crippen LogP contribution in [0.2, 0.25) is 0 Å². The maximum absolute atomic E-state index is 12.7. The van der Waals surface area contributed by atoms with E-state index in [2.05, 4.69) is 31.4 Å². The highest BCUT2D eigenvalue weighted by Crippen LogP contribution is 2.25. The molecule has 0 unspecified atom stereocenters. The van der Waals surface area contributed by atoms with Crippen LogP contribution in [0, 0.1) is 5.41 Å². The molecule has 0 aliphatic heterocycles. The van der Waals surface area contributed by atoms with E-state index in [1.807, 2.05) is 48.5 Å². The average Bonchev–Trinajstić information content (AvgIpc) is 2.68. The Morgan fingerprint density at radius 2 is 1.45 bits per heavy atom. The summed E-state index contributed by atoms with van der Waals surface area (Å²) in [6.45, 7) is 10.1. The molecule has 0 atom stereocenters. The van der Waals surface area contributed by atoms with E-state index in [0.29, 0.717) is 18.7 Å². The number of ether oxygens (including phenoxy) is 1. The molecule has 5 heteroatoms. The predicted octanol–water partition coefficient (Wildman–Crippen LogP) is 4.32. The molecule has 29 heavy (non-hydrogen) atoms. The molecular weight excluding hydrogens is 364 g/mol. The molecule has 0 saturated heterocycles. The minimum atomic E-state index is -1.18. The molecule has 0 bridgehead atoms. The highest BCUT2D eigenvalue weighted by Gasteiger charge is 2.35. The minimum Gasteiger partial charge on any atom is -0.497 e. The number of carbonyl (C=O) groups is 2. The fourth-order valence-electron chi connectivity index (χ4n) is 2.78. The van der Waals surface area contributed by atoms with Crippen LogP contribution < -0.4 is 15.4 Å². The lowest BCUT2D eigenvalue weighted by Crippen LogP contribution is -2.45. The summed E-state index contributed by atoms with van der Waals surface area (Å²) in [5.41, 5.74) is 1.83. The Hall–Kier alpha value is -2.82. The number of amides is 2. The van der Waals surface area contributed by atoms with E-state index in [1.54, 1.807) is 21.0 Å². The first kappa shape index (κ1) is 22.5. The Bertz CT molecular complexity index is 832. The highest BCUT2D eigenvalue weighted by atomic mass is 16.5. The zero-order valence-corrected chi connectivity index (χ0v) is 18.3. The van der Waals surface area contributed by atoms with Crippen molar-refractivity contribution in [3.8, 4) is 5.75 Å². The molecule has 0 radical (unpaired) electrons. The molecule has 2 aromatic rings. The van der Waals surface area contributed by atoms with Crippen molar-refractivity contribution >= 4 is 17.5 Å². The van der Waals surface area contributed by atoms with Gasteiger partial charge in [0.1, 0.15) is 11.2 Å². The molecule has 0 aromatic heterocycles. The smallest absolute Gasteiger partial charge is 0.239 e. The van der Waals surface area contributed by atoms with Crippen LogP contribution in [0.3, 0.4) is 0 Å². The normalized spacial score (nSPS) is 11.7. The first-order valence-corrected chi connectivity index (χ1v) is 9.87. The number of hydrogen-bond donors (Lipinski definition) is 2. The molecule has 2 rings (SSSR count). The zero-order chi connectivity index (χ0) is 21.7. The SMILES string of the molecule is COc1ccc(CCNC(=O)C(C)(C)C(=O)Nc2ccc(C(C)(C)C)cc2)cc1. The van der Waals surface area contributed by atoms with Crippen molar-refractivity contribution in [2.45, 2.75) is 46.5 Å². The number of rotatable bonds is 7. The van der Waals surface area contributed by atoms with Gasteiger partial charge in [-0.3, -0.25) is 9.59 Å². The predicted molar refractivity (Wildman–Crippen MR) is 117 cm³/mol. The van der Waals surface area contributed by atoms with E-state index in [4.69, 9.17) is 4.74 Å². The van der Waals surface area contributed by atoms with E-state index < -0.39 is 5.41 Å². The topological polar surface area (TPSA) is 67.4 Å². The second kappa shape index (κ2) is 9.12. The van der Waals surface area contributed by atoms with Gasteiger partial charge in [0.15, 0.2) is 0 Å². The average molecular weight is 397 g/mol. The van der Waals surface area contributed by atoms with Crippen LogP contribution in [0.25, 0.3) is 0 Å². The fourth-order valence-corrected chi connectivity index (χ4v) is 2.78. The van der Waals surface area contributed by atoms with Gasteiger partial charge >= 0.3 is 0 Å². The van der Waals surface area contributed by atoms with Gasteiger partial charge in [0, 0.05) is 12.2 Å². The lowest BCUT2D eigenvalue weighted by Gasteiger charge is -2.23. The van der Waals surface area contributed by atoms with Crippen LogP contribution in [0.1, 0.15) is 45.7 Å². The maximum Gasteiger partial charge on any atom is 0.239 e. The molecule has 2 amide bonds. The Labute approximate surface area is 173 Å². The summed E-state index contributed by atoms with van der Waals surface area (Å²) in [5.74, 6) is 0.170. The van der Waals surface area contributed by atoms with E-state index >= 15 is 0 Å². The number of nitrogens with one attached hydrogen (secondary N) is 2. The van der Waals surface area contributed by atoms with Crippen molar-refractivity contribution in [1.82, 2.24) is 5.32 Å². The molecule has 0 saturated carbocycles. The van der Waals surface area contributed by atoms with Crippen LogP contribution in [0.5, 0.6) is 5.75 Å². The van der Waals surface area contributed by atoms with Crippen molar-refractivity contribution in [3.63, 3.8) is 0 Å². The van der Waals surface area contributed by atoms with Gasteiger partial charge < -0.3 is 15.4 Å². The van der Waals surface area contributed by atoms with Crippen LogP contribution in [-0.2, 0) is 21.4 Å². The van der Waals surface area contributed by atoms with Crippen molar-refractivity contribution in [2.75, 3.05) is 19.0 Å². The number of anilines is 1.